The molecule has 1 rings (SSSR count). The largest absolute Gasteiger partial charge is 0.573 e. The lowest BCUT2D eigenvalue weighted by Gasteiger charge is -2.14. The molecule has 3 nitrogen and oxygen atoms in total. The lowest BCUT2D eigenvalue weighted by molar-refractivity contribution is -0.275. The van der Waals surface area contributed by atoms with E-state index in [-0.39, 0.29) is 17.5 Å². The lowest BCUT2D eigenvalue weighted by atomic mass is 10.3. The molecular weight excluding hydrogens is 223 g/mol. The molecule has 0 radical (unpaired) electrons. The van der Waals surface area contributed by atoms with Crippen LogP contribution >= 0.6 is 0 Å². The normalized spacial score (nSPS) is 11.6. The number of alkyl halides is 3. The number of hydrogen-bond donors (Lipinski definition) is 1. The van der Waals surface area contributed by atoms with E-state index in [1.54, 1.807) is 19.9 Å². The third-order valence-electron chi connectivity index (χ3n) is 1.48. The zero-order valence-electron chi connectivity index (χ0n) is 8.84. The van der Waals surface area contributed by atoms with Gasteiger partial charge >= 0.3 is 6.36 Å². The topological polar surface area (TPSA) is 30.5 Å². The van der Waals surface area contributed by atoms with Crippen LogP contribution in [0.5, 0.6) is 11.5 Å². The van der Waals surface area contributed by atoms with Crippen molar-refractivity contribution >= 4 is 0 Å². The van der Waals surface area contributed by atoms with Crippen molar-refractivity contribution in [3.8, 4) is 11.5 Å². The fourth-order valence-electron chi connectivity index (χ4n) is 0.925. The van der Waals surface area contributed by atoms with Crippen LogP contribution < -0.4 is 15.1 Å². The van der Waals surface area contributed by atoms with E-state index in [1.807, 2.05) is 0 Å². The highest BCUT2D eigenvalue weighted by molar-refractivity contribution is 5.39. The second-order valence-electron chi connectivity index (χ2n) is 3.37. The second kappa shape index (κ2) is 5.07. The van der Waals surface area contributed by atoms with Crippen LogP contribution in [0.25, 0.3) is 0 Å². The van der Waals surface area contributed by atoms with Crippen molar-refractivity contribution in [2.45, 2.75) is 26.3 Å². The van der Waals surface area contributed by atoms with Gasteiger partial charge in [-0.2, -0.15) is 5.48 Å². The summed E-state index contributed by atoms with van der Waals surface area (Å²) in [5.74, 6) is -0.378. The summed E-state index contributed by atoms with van der Waals surface area (Å²) in [4.78, 5) is 4.97. The Balaban J connectivity index is 2.75. The molecular formula is C10H12F3NO2. The van der Waals surface area contributed by atoms with Gasteiger partial charge in [0.05, 0.1) is 0 Å². The van der Waals surface area contributed by atoms with Gasteiger partial charge in [-0.1, -0.05) is 12.1 Å². The van der Waals surface area contributed by atoms with E-state index in [4.69, 9.17) is 4.84 Å². The van der Waals surface area contributed by atoms with Gasteiger partial charge in [0.1, 0.15) is 0 Å². The summed E-state index contributed by atoms with van der Waals surface area (Å²) in [6, 6.07) is 5.55. The maximum Gasteiger partial charge on any atom is 0.573 e. The van der Waals surface area contributed by atoms with E-state index in [1.165, 1.54) is 18.2 Å². The summed E-state index contributed by atoms with van der Waals surface area (Å²) in [6.45, 7) is 3.60. The van der Waals surface area contributed by atoms with E-state index in [9.17, 15) is 13.2 Å². The molecule has 0 saturated heterocycles. The SMILES string of the molecule is CC(C)NOc1ccccc1OC(F)(F)F. The molecule has 0 aliphatic heterocycles. The van der Waals surface area contributed by atoms with Crippen molar-refractivity contribution < 1.29 is 22.7 Å². The average molecular weight is 235 g/mol. The fourth-order valence-corrected chi connectivity index (χ4v) is 0.925. The van der Waals surface area contributed by atoms with E-state index < -0.39 is 6.36 Å². The van der Waals surface area contributed by atoms with Crippen molar-refractivity contribution in [2.75, 3.05) is 0 Å². The molecule has 0 fully saturated rings. The number of halogens is 3. The number of nitrogens with one attached hydrogen (secondary N) is 1. The number of hydroxylamine groups is 1. The smallest absolute Gasteiger partial charge is 0.405 e. The Morgan fingerprint density at radius 3 is 2.19 bits per heavy atom. The van der Waals surface area contributed by atoms with Gasteiger partial charge < -0.3 is 9.57 Å². The quantitative estimate of drug-likeness (QED) is 0.814. The maximum atomic E-state index is 12.0. The summed E-state index contributed by atoms with van der Waals surface area (Å²) in [5.41, 5.74) is 2.54. The summed E-state index contributed by atoms with van der Waals surface area (Å²) in [5, 5.41) is 0. The fraction of sp³-hybridized carbons (Fsp3) is 0.400. The summed E-state index contributed by atoms with van der Waals surface area (Å²) in [7, 11) is 0. The van der Waals surface area contributed by atoms with Gasteiger partial charge in [-0.25, -0.2) is 0 Å². The molecule has 1 N–H and O–H groups in total. The van der Waals surface area contributed by atoms with Crippen LogP contribution in [-0.2, 0) is 0 Å². The molecule has 16 heavy (non-hydrogen) atoms. The molecule has 0 aliphatic rings. The molecule has 0 saturated carbocycles. The molecule has 0 spiro atoms. The van der Waals surface area contributed by atoms with Crippen LogP contribution in [0.3, 0.4) is 0 Å². The van der Waals surface area contributed by atoms with Crippen LogP contribution in [-0.4, -0.2) is 12.4 Å². The summed E-state index contributed by atoms with van der Waals surface area (Å²) >= 11 is 0. The first kappa shape index (κ1) is 12.6. The predicted octanol–water partition coefficient (Wildman–Crippen LogP) is 2.88. The summed E-state index contributed by atoms with van der Waals surface area (Å²) in [6.07, 6.45) is -4.72. The van der Waals surface area contributed by atoms with Gasteiger partial charge in [0.25, 0.3) is 0 Å². The van der Waals surface area contributed by atoms with Crippen LogP contribution in [0.2, 0.25) is 0 Å². The molecule has 0 amide bonds. The highest BCUT2D eigenvalue weighted by Gasteiger charge is 2.32. The molecule has 0 heterocycles. The van der Waals surface area contributed by atoms with E-state index >= 15 is 0 Å². The third-order valence-corrected chi connectivity index (χ3v) is 1.48. The molecule has 1 aromatic carbocycles. The molecule has 1 aromatic rings. The minimum atomic E-state index is -4.72. The van der Waals surface area contributed by atoms with Crippen molar-refractivity contribution in [3.05, 3.63) is 24.3 Å². The Kier molecular flexibility index (Phi) is 4.00. The average Bonchev–Trinajstić information content (AvgIpc) is 2.14. The van der Waals surface area contributed by atoms with E-state index in [0.29, 0.717) is 0 Å². The van der Waals surface area contributed by atoms with Crippen molar-refractivity contribution in [1.82, 2.24) is 5.48 Å². The van der Waals surface area contributed by atoms with Gasteiger partial charge in [0.15, 0.2) is 11.5 Å². The Morgan fingerprint density at radius 2 is 1.69 bits per heavy atom. The minimum Gasteiger partial charge on any atom is -0.405 e. The van der Waals surface area contributed by atoms with Crippen molar-refractivity contribution in [3.63, 3.8) is 0 Å². The van der Waals surface area contributed by atoms with Gasteiger partial charge in [0, 0.05) is 6.04 Å². The van der Waals surface area contributed by atoms with Crippen molar-refractivity contribution in [2.24, 2.45) is 0 Å². The number of rotatable bonds is 4. The van der Waals surface area contributed by atoms with Gasteiger partial charge in [-0.15, -0.1) is 13.2 Å². The first-order valence-electron chi connectivity index (χ1n) is 4.65. The van der Waals surface area contributed by atoms with E-state index in [0.717, 1.165) is 0 Å². The number of ether oxygens (including phenoxy) is 1. The van der Waals surface area contributed by atoms with Gasteiger partial charge in [-0.05, 0) is 26.0 Å². The number of benzene rings is 1. The van der Waals surface area contributed by atoms with Gasteiger partial charge in [-0.3, -0.25) is 0 Å². The summed E-state index contributed by atoms with van der Waals surface area (Å²) < 4.78 is 39.9. The first-order chi connectivity index (χ1) is 7.38. The number of hydrogen-bond acceptors (Lipinski definition) is 3. The second-order valence-corrected chi connectivity index (χ2v) is 3.37. The minimum absolute atomic E-state index is 0.00600. The molecule has 0 aliphatic carbocycles. The monoisotopic (exact) mass is 235 g/mol. The zero-order chi connectivity index (χ0) is 12.2. The number of para-hydroxylation sites is 2. The zero-order valence-corrected chi connectivity index (χ0v) is 8.84. The molecule has 0 atom stereocenters. The molecule has 0 aromatic heterocycles. The van der Waals surface area contributed by atoms with E-state index in [2.05, 4.69) is 10.2 Å². The standard InChI is InChI=1S/C10H12F3NO2/c1-7(2)14-16-9-6-4-3-5-8(9)15-10(11,12)13/h3-7,14H,1-2H3. The third kappa shape index (κ3) is 4.39. The Morgan fingerprint density at radius 1 is 1.12 bits per heavy atom. The molecule has 90 valence electrons. The highest BCUT2D eigenvalue weighted by Crippen LogP contribution is 2.31. The molecule has 0 bridgehead atoms. The van der Waals surface area contributed by atoms with Crippen LogP contribution in [0, 0.1) is 0 Å². The van der Waals surface area contributed by atoms with Crippen LogP contribution in [0.1, 0.15) is 13.8 Å². The lowest BCUT2D eigenvalue weighted by Crippen LogP contribution is -2.27. The van der Waals surface area contributed by atoms with Crippen molar-refractivity contribution in [1.29, 1.82) is 0 Å². The van der Waals surface area contributed by atoms with Gasteiger partial charge in [0.2, 0.25) is 0 Å². The molecule has 0 unspecified atom stereocenters. The van der Waals surface area contributed by atoms with Crippen LogP contribution in [0.4, 0.5) is 13.2 Å². The highest BCUT2D eigenvalue weighted by atomic mass is 19.4. The Hall–Kier alpha value is -1.43. The van der Waals surface area contributed by atoms with Crippen LogP contribution in [0.15, 0.2) is 24.3 Å². The predicted molar refractivity (Wildman–Crippen MR) is 52.0 cm³/mol. The molecule has 6 heteroatoms. The first-order valence-corrected chi connectivity index (χ1v) is 4.65. The Labute approximate surface area is 91.1 Å². The maximum absolute atomic E-state index is 12.0. The Bertz CT molecular complexity index is 339.